The third kappa shape index (κ3) is 4.94. The van der Waals surface area contributed by atoms with Crippen molar-refractivity contribution in [1.29, 1.82) is 0 Å². The lowest BCUT2D eigenvalue weighted by Crippen LogP contribution is -2.45. The molecule has 0 spiro atoms. The van der Waals surface area contributed by atoms with Gasteiger partial charge in [0.1, 0.15) is 0 Å². The van der Waals surface area contributed by atoms with Gasteiger partial charge >= 0.3 is 0 Å². The summed E-state index contributed by atoms with van der Waals surface area (Å²) in [5.41, 5.74) is 0. The molecule has 0 aromatic carbocycles. The summed E-state index contributed by atoms with van der Waals surface area (Å²) in [7, 11) is 2.21. The van der Waals surface area contributed by atoms with E-state index in [1.54, 1.807) is 0 Å². The van der Waals surface area contributed by atoms with E-state index in [4.69, 9.17) is 0 Å². The first kappa shape index (κ1) is 14.9. The highest BCUT2D eigenvalue weighted by atomic mass is 16.3. The minimum Gasteiger partial charge on any atom is -0.392 e. The van der Waals surface area contributed by atoms with E-state index < -0.39 is 0 Å². The fourth-order valence-electron chi connectivity index (χ4n) is 2.80. The zero-order chi connectivity index (χ0) is 12.7. The van der Waals surface area contributed by atoms with Crippen LogP contribution < -0.4 is 5.32 Å². The Balaban J connectivity index is 2.17. The lowest BCUT2D eigenvalue weighted by Gasteiger charge is -2.33. The second-order valence-electron chi connectivity index (χ2n) is 5.43. The molecule has 0 aromatic heterocycles. The molecule has 1 rings (SSSR count). The molecule has 0 aromatic rings. The molecule has 1 aliphatic heterocycles. The monoisotopic (exact) mass is 242 g/mol. The van der Waals surface area contributed by atoms with Gasteiger partial charge in [-0.2, -0.15) is 0 Å². The lowest BCUT2D eigenvalue weighted by atomic mass is 9.96. The van der Waals surface area contributed by atoms with Crippen LogP contribution in [0.4, 0.5) is 0 Å². The summed E-state index contributed by atoms with van der Waals surface area (Å²) in [6.07, 6.45) is 5.95. The highest BCUT2D eigenvalue weighted by Crippen LogP contribution is 2.15. The second-order valence-corrected chi connectivity index (χ2v) is 5.43. The Morgan fingerprint density at radius 3 is 2.59 bits per heavy atom. The van der Waals surface area contributed by atoms with Gasteiger partial charge in [0, 0.05) is 19.1 Å². The summed E-state index contributed by atoms with van der Waals surface area (Å²) in [5.74, 6) is 0.451. The average Bonchev–Trinajstić information content (AvgIpc) is 2.33. The van der Waals surface area contributed by atoms with Gasteiger partial charge in [-0.05, 0) is 32.4 Å². The fourth-order valence-corrected chi connectivity index (χ4v) is 2.80. The number of likely N-dealkylation sites (tertiary alicyclic amines) is 1. The van der Waals surface area contributed by atoms with E-state index in [0.717, 1.165) is 25.9 Å². The van der Waals surface area contributed by atoms with Gasteiger partial charge in [-0.1, -0.05) is 33.1 Å². The minimum atomic E-state index is -0.182. The summed E-state index contributed by atoms with van der Waals surface area (Å²) in [4.78, 5) is 2.44. The number of rotatable bonds is 7. The molecular formula is C14H30N2O. The van der Waals surface area contributed by atoms with Crippen LogP contribution in [0.1, 0.15) is 46.0 Å². The van der Waals surface area contributed by atoms with E-state index in [1.165, 1.54) is 25.8 Å². The molecule has 17 heavy (non-hydrogen) atoms. The van der Waals surface area contributed by atoms with Crippen LogP contribution in [-0.4, -0.2) is 48.8 Å². The van der Waals surface area contributed by atoms with Crippen molar-refractivity contribution in [2.45, 2.75) is 58.1 Å². The van der Waals surface area contributed by atoms with Crippen LogP contribution in [0, 0.1) is 5.92 Å². The minimum absolute atomic E-state index is 0.182. The lowest BCUT2D eigenvalue weighted by molar-refractivity contribution is 0.0965. The number of hydrogen-bond donors (Lipinski definition) is 2. The summed E-state index contributed by atoms with van der Waals surface area (Å²) in [6.45, 7) is 7.31. The van der Waals surface area contributed by atoms with E-state index >= 15 is 0 Å². The summed E-state index contributed by atoms with van der Waals surface area (Å²) in [5, 5.41) is 13.5. The van der Waals surface area contributed by atoms with Gasteiger partial charge < -0.3 is 15.3 Å². The normalized spacial score (nSPS) is 24.2. The molecule has 2 atom stereocenters. The molecule has 0 amide bonds. The molecule has 2 unspecified atom stereocenters. The molecule has 3 heteroatoms. The van der Waals surface area contributed by atoms with Crippen LogP contribution >= 0.6 is 0 Å². The first-order valence-electron chi connectivity index (χ1n) is 7.28. The van der Waals surface area contributed by atoms with E-state index in [2.05, 4.69) is 31.1 Å². The largest absolute Gasteiger partial charge is 0.392 e. The van der Waals surface area contributed by atoms with Gasteiger partial charge in [0.15, 0.2) is 0 Å². The molecule has 1 aliphatic rings. The fraction of sp³-hybridized carbons (Fsp3) is 1.00. The number of nitrogens with one attached hydrogen (secondary N) is 1. The van der Waals surface area contributed by atoms with Crippen molar-refractivity contribution >= 4 is 0 Å². The summed E-state index contributed by atoms with van der Waals surface area (Å²) in [6, 6.07) is 0.664. The molecule has 0 saturated carbocycles. The Bertz CT molecular complexity index is 195. The van der Waals surface area contributed by atoms with Crippen LogP contribution in [0.5, 0.6) is 0 Å². The highest BCUT2D eigenvalue weighted by molar-refractivity contribution is 4.77. The van der Waals surface area contributed by atoms with Gasteiger partial charge in [-0.25, -0.2) is 0 Å². The number of likely N-dealkylation sites (N-methyl/N-ethyl adjacent to an activating group) is 1. The van der Waals surface area contributed by atoms with E-state index in [1.807, 2.05) is 0 Å². The maximum atomic E-state index is 10.0. The van der Waals surface area contributed by atoms with Crippen molar-refractivity contribution in [1.82, 2.24) is 10.2 Å². The summed E-state index contributed by atoms with van der Waals surface area (Å²) < 4.78 is 0. The van der Waals surface area contributed by atoms with E-state index in [0.29, 0.717) is 12.0 Å². The number of piperidine rings is 1. The predicted molar refractivity (Wildman–Crippen MR) is 73.2 cm³/mol. The van der Waals surface area contributed by atoms with Gasteiger partial charge in [-0.15, -0.1) is 0 Å². The standard InChI is InChI=1S/C14H30N2O/c1-4-12(5-2)14(17)11-15-10-13-8-6-7-9-16(13)3/h12-15,17H,4-11H2,1-3H3. The number of nitrogens with zero attached hydrogens (tertiary/aromatic N) is 1. The zero-order valence-corrected chi connectivity index (χ0v) is 11.8. The smallest absolute Gasteiger partial charge is 0.0692 e. The second kappa shape index (κ2) is 8.06. The third-order valence-corrected chi connectivity index (χ3v) is 4.25. The molecule has 2 N–H and O–H groups in total. The van der Waals surface area contributed by atoms with E-state index in [9.17, 15) is 5.11 Å². The van der Waals surface area contributed by atoms with Gasteiger partial charge in [-0.3, -0.25) is 0 Å². The van der Waals surface area contributed by atoms with Gasteiger partial charge in [0.25, 0.3) is 0 Å². The van der Waals surface area contributed by atoms with Crippen LogP contribution in [-0.2, 0) is 0 Å². The topological polar surface area (TPSA) is 35.5 Å². The molecule has 0 bridgehead atoms. The van der Waals surface area contributed by atoms with Gasteiger partial charge in [0.05, 0.1) is 6.10 Å². The molecule has 1 saturated heterocycles. The van der Waals surface area contributed by atoms with Crippen LogP contribution in [0.25, 0.3) is 0 Å². The Morgan fingerprint density at radius 2 is 2.00 bits per heavy atom. The van der Waals surface area contributed by atoms with Crippen molar-refractivity contribution in [2.75, 3.05) is 26.7 Å². The molecule has 102 valence electrons. The Morgan fingerprint density at radius 1 is 1.29 bits per heavy atom. The predicted octanol–water partition coefficient (Wildman–Crippen LogP) is 1.86. The maximum Gasteiger partial charge on any atom is 0.0692 e. The van der Waals surface area contributed by atoms with Crippen molar-refractivity contribution in [3.63, 3.8) is 0 Å². The average molecular weight is 242 g/mol. The highest BCUT2D eigenvalue weighted by Gasteiger charge is 2.19. The SMILES string of the molecule is CCC(CC)C(O)CNCC1CCCCN1C. The van der Waals surface area contributed by atoms with E-state index in [-0.39, 0.29) is 6.10 Å². The first-order chi connectivity index (χ1) is 8.19. The maximum absolute atomic E-state index is 10.0. The number of aliphatic hydroxyl groups excluding tert-OH is 1. The molecule has 3 nitrogen and oxygen atoms in total. The van der Waals surface area contributed by atoms with Gasteiger partial charge in [0.2, 0.25) is 0 Å². The van der Waals surface area contributed by atoms with Crippen molar-refractivity contribution < 1.29 is 5.11 Å². The Labute approximate surface area is 107 Å². The molecular weight excluding hydrogens is 212 g/mol. The quantitative estimate of drug-likeness (QED) is 0.715. The van der Waals surface area contributed by atoms with Crippen LogP contribution in [0.15, 0.2) is 0 Å². The number of aliphatic hydroxyl groups is 1. The molecule has 0 aliphatic carbocycles. The van der Waals surface area contributed by atoms with Crippen molar-refractivity contribution in [2.24, 2.45) is 5.92 Å². The zero-order valence-electron chi connectivity index (χ0n) is 11.8. The van der Waals surface area contributed by atoms with Crippen LogP contribution in [0.3, 0.4) is 0 Å². The van der Waals surface area contributed by atoms with Crippen LogP contribution in [0.2, 0.25) is 0 Å². The third-order valence-electron chi connectivity index (χ3n) is 4.25. The molecule has 0 radical (unpaired) electrons. The Hall–Kier alpha value is -0.120. The first-order valence-corrected chi connectivity index (χ1v) is 7.28. The number of hydrogen-bond acceptors (Lipinski definition) is 3. The van der Waals surface area contributed by atoms with Crippen molar-refractivity contribution in [3.05, 3.63) is 0 Å². The summed E-state index contributed by atoms with van der Waals surface area (Å²) >= 11 is 0. The molecule has 1 fully saturated rings. The van der Waals surface area contributed by atoms with Crippen molar-refractivity contribution in [3.8, 4) is 0 Å². The Kier molecular flexibility index (Phi) is 7.09. The molecule has 1 heterocycles.